The van der Waals surface area contributed by atoms with E-state index in [2.05, 4.69) is 10.6 Å². The molecular weight excluding hydrogens is 446 g/mol. The van der Waals surface area contributed by atoms with Gasteiger partial charge in [0.05, 0.1) is 0 Å². The van der Waals surface area contributed by atoms with E-state index in [0.717, 1.165) is 5.56 Å². The summed E-state index contributed by atoms with van der Waals surface area (Å²) in [6.07, 6.45) is -0.268. The summed E-state index contributed by atoms with van der Waals surface area (Å²) < 4.78 is 0. The summed E-state index contributed by atoms with van der Waals surface area (Å²) in [5.74, 6) is -2.86. The highest BCUT2D eigenvalue weighted by Crippen LogP contribution is 2.16. The molecule has 10 heteroatoms. The molecule has 2 aromatic rings. The van der Waals surface area contributed by atoms with E-state index < -0.39 is 41.9 Å². The molecule has 2 aromatic carbocycles. The van der Waals surface area contributed by atoms with Gasteiger partial charge < -0.3 is 26.6 Å². The van der Waals surface area contributed by atoms with Crippen LogP contribution in [0.4, 0.5) is 0 Å². The maximum atomic E-state index is 12.9. The SMILES string of the molecule is N[C@@H](CCC(=O)N[C@@H](CSCc1ccccc1)C(=O)N[C@H](C(=O)O)c1ccccc1)C(=O)O. The van der Waals surface area contributed by atoms with Crippen LogP contribution in [0.2, 0.25) is 0 Å². The van der Waals surface area contributed by atoms with E-state index in [-0.39, 0.29) is 18.6 Å². The summed E-state index contributed by atoms with van der Waals surface area (Å²) >= 11 is 1.40. The smallest absolute Gasteiger partial charge is 0.330 e. The molecule has 0 unspecified atom stereocenters. The number of carboxylic acid groups (broad SMARTS) is 2. The van der Waals surface area contributed by atoms with Gasteiger partial charge in [-0.1, -0.05) is 60.7 Å². The summed E-state index contributed by atoms with van der Waals surface area (Å²) in [7, 11) is 0. The van der Waals surface area contributed by atoms with Crippen LogP contribution in [-0.4, -0.2) is 51.8 Å². The quantitative estimate of drug-likeness (QED) is 0.293. The van der Waals surface area contributed by atoms with E-state index >= 15 is 0 Å². The Balaban J connectivity index is 2.06. The van der Waals surface area contributed by atoms with E-state index in [9.17, 15) is 24.3 Å². The third kappa shape index (κ3) is 8.95. The van der Waals surface area contributed by atoms with Gasteiger partial charge in [0.15, 0.2) is 6.04 Å². The van der Waals surface area contributed by atoms with Crippen molar-refractivity contribution in [2.24, 2.45) is 5.73 Å². The Morgan fingerprint density at radius 3 is 2.06 bits per heavy atom. The third-order valence-electron chi connectivity index (χ3n) is 4.71. The number of amides is 2. The zero-order chi connectivity index (χ0) is 24.2. The first-order valence-electron chi connectivity index (χ1n) is 10.3. The van der Waals surface area contributed by atoms with E-state index in [4.69, 9.17) is 10.8 Å². The zero-order valence-corrected chi connectivity index (χ0v) is 18.7. The van der Waals surface area contributed by atoms with Gasteiger partial charge in [-0.2, -0.15) is 11.8 Å². The molecule has 33 heavy (non-hydrogen) atoms. The second-order valence-electron chi connectivity index (χ2n) is 7.29. The number of rotatable bonds is 13. The van der Waals surface area contributed by atoms with Gasteiger partial charge in [0.25, 0.3) is 0 Å². The van der Waals surface area contributed by atoms with Crippen LogP contribution in [0.5, 0.6) is 0 Å². The van der Waals surface area contributed by atoms with E-state index in [0.29, 0.717) is 11.3 Å². The van der Waals surface area contributed by atoms with Crippen molar-refractivity contribution < 1.29 is 29.4 Å². The maximum absolute atomic E-state index is 12.9. The topological polar surface area (TPSA) is 159 Å². The second-order valence-corrected chi connectivity index (χ2v) is 8.33. The monoisotopic (exact) mass is 473 g/mol. The summed E-state index contributed by atoms with van der Waals surface area (Å²) in [4.78, 5) is 47.9. The molecule has 176 valence electrons. The third-order valence-corrected chi connectivity index (χ3v) is 5.82. The highest BCUT2D eigenvalue weighted by atomic mass is 32.2. The first-order chi connectivity index (χ1) is 15.8. The number of nitrogens with two attached hydrogens (primary N) is 1. The molecule has 2 amide bonds. The molecule has 9 nitrogen and oxygen atoms in total. The molecule has 6 N–H and O–H groups in total. The largest absolute Gasteiger partial charge is 0.480 e. The number of thioether (sulfide) groups is 1. The predicted molar refractivity (Wildman–Crippen MR) is 124 cm³/mol. The lowest BCUT2D eigenvalue weighted by molar-refractivity contribution is -0.142. The fraction of sp³-hybridized carbons (Fsp3) is 0.304. The Bertz CT molecular complexity index is 942. The van der Waals surface area contributed by atoms with Crippen LogP contribution >= 0.6 is 11.8 Å². The van der Waals surface area contributed by atoms with Crippen molar-refractivity contribution in [1.82, 2.24) is 10.6 Å². The van der Waals surface area contributed by atoms with Crippen molar-refractivity contribution in [3.8, 4) is 0 Å². The van der Waals surface area contributed by atoms with Gasteiger partial charge in [-0.05, 0) is 17.5 Å². The van der Waals surface area contributed by atoms with Crippen LogP contribution in [0.15, 0.2) is 60.7 Å². The molecule has 0 saturated carbocycles. The number of carbonyl (C=O) groups is 4. The average molecular weight is 474 g/mol. The second kappa shape index (κ2) is 13.2. The molecule has 0 aliphatic carbocycles. The molecule has 0 radical (unpaired) electrons. The van der Waals surface area contributed by atoms with Crippen molar-refractivity contribution in [2.75, 3.05) is 5.75 Å². The number of carbonyl (C=O) groups excluding carboxylic acids is 2. The maximum Gasteiger partial charge on any atom is 0.330 e. The number of hydrogen-bond acceptors (Lipinski definition) is 6. The molecule has 0 heterocycles. The fourth-order valence-electron chi connectivity index (χ4n) is 2.90. The number of nitrogens with one attached hydrogen (secondary N) is 2. The lowest BCUT2D eigenvalue weighted by Crippen LogP contribution is -2.50. The molecule has 0 aliphatic heterocycles. The van der Waals surface area contributed by atoms with E-state index in [1.807, 2.05) is 30.3 Å². The summed E-state index contributed by atoms with van der Waals surface area (Å²) in [5.41, 5.74) is 6.87. The van der Waals surface area contributed by atoms with Gasteiger partial charge in [-0.25, -0.2) is 4.79 Å². The minimum Gasteiger partial charge on any atom is -0.480 e. The Kier molecular flexibility index (Phi) is 10.4. The first-order valence-corrected chi connectivity index (χ1v) is 11.4. The average Bonchev–Trinajstić information content (AvgIpc) is 2.81. The molecule has 0 aromatic heterocycles. The van der Waals surface area contributed by atoms with Crippen LogP contribution in [0, 0.1) is 0 Å². The normalized spacial score (nSPS) is 13.4. The lowest BCUT2D eigenvalue weighted by Gasteiger charge is -2.22. The summed E-state index contributed by atoms with van der Waals surface area (Å²) in [5, 5.41) is 23.5. The van der Waals surface area contributed by atoms with Crippen molar-refractivity contribution in [2.45, 2.75) is 36.7 Å². The number of carboxylic acids is 2. The van der Waals surface area contributed by atoms with Gasteiger partial charge >= 0.3 is 11.9 Å². The first kappa shape index (κ1) is 25.9. The Morgan fingerprint density at radius 1 is 0.879 bits per heavy atom. The van der Waals surface area contributed by atoms with E-state index in [1.54, 1.807) is 30.3 Å². The van der Waals surface area contributed by atoms with Crippen LogP contribution in [0.1, 0.15) is 30.0 Å². The lowest BCUT2D eigenvalue weighted by atomic mass is 10.1. The minimum atomic E-state index is -1.28. The molecule has 0 aliphatic rings. The molecule has 3 atom stereocenters. The molecule has 0 spiro atoms. The van der Waals surface area contributed by atoms with Gasteiger partial charge in [-0.3, -0.25) is 14.4 Å². The van der Waals surface area contributed by atoms with Gasteiger partial charge in [0.2, 0.25) is 11.8 Å². The van der Waals surface area contributed by atoms with Crippen molar-refractivity contribution >= 4 is 35.5 Å². The van der Waals surface area contributed by atoms with Gasteiger partial charge in [0.1, 0.15) is 12.1 Å². The predicted octanol–water partition coefficient (Wildman–Crippen LogP) is 1.54. The van der Waals surface area contributed by atoms with Crippen LogP contribution in [-0.2, 0) is 24.9 Å². The number of benzene rings is 2. The molecule has 2 rings (SSSR count). The zero-order valence-electron chi connectivity index (χ0n) is 17.8. The molecule has 0 fully saturated rings. The highest BCUT2D eigenvalue weighted by Gasteiger charge is 2.28. The van der Waals surface area contributed by atoms with Crippen LogP contribution in [0.25, 0.3) is 0 Å². The highest BCUT2D eigenvalue weighted by molar-refractivity contribution is 7.98. The van der Waals surface area contributed by atoms with Crippen LogP contribution < -0.4 is 16.4 Å². The van der Waals surface area contributed by atoms with Gasteiger partial charge in [-0.15, -0.1) is 0 Å². The Labute approximate surface area is 195 Å². The van der Waals surface area contributed by atoms with Crippen molar-refractivity contribution in [3.63, 3.8) is 0 Å². The summed E-state index contributed by atoms with van der Waals surface area (Å²) in [6, 6.07) is 14.3. The number of aliphatic carboxylic acids is 2. The fourth-order valence-corrected chi connectivity index (χ4v) is 3.92. The van der Waals surface area contributed by atoms with Crippen molar-refractivity contribution in [1.29, 1.82) is 0 Å². The standard InChI is InChI=1S/C23H27N3O6S/c24-17(22(29)30)11-12-19(27)25-18(14-33-13-15-7-3-1-4-8-15)21(28)26-20(23(31)32)16-9-5-2-6-10-16/h1-10,17-18,20H,11-14,24H2,(H,25,27)(H,26,28)(H,29,30)(H,31,32)/t17-,18-,20-/m0/s1. The molecule has 0 bridgehead atoms. The minimum absolute atomic E-state index is 0.0889. The van der Waals surface area contributed by atoms with E-state index in [1.165, 1.54) is 11.8 Å². The van der Waals surface area contributed by atoms with Crippen LogP contribution in [0.3, 0.4) is 0 Å². The van der Waals surface area contributed by atoms with Crippen molar-refractivity contribution in [3.05, 3.63) is 71.8 Å². The Hall–Kier alpha value is -3.37. The Morgan fingerprint density at radius 2 is 1.48 bits per heavy atom. The van der Waals surface area contributed by atoms with Gasteiger partial charge in [0, 0.05) is 17.9 Å². The number of hydrogen-bond donors (Lipinski definition) is 5. The molecule has 0 saturated heterocycles. The molecular formula is C23H27N3O6S. The summed E-state index contributed by atoms with van der Waals surface area (Å²) in [6.45, 7) is 0.